The second-order valence-corrected chi connectivity index (χ2v) is 15.7. The van der Waals surface area contributed by atoms with Crippen LogP contribution in [0.25, 0.3) is 0 Å². The van der Waals surface area contributed by atoms with E-state index in [4.69, 9.17) is 0 Å². The van der Waals surface area contributed by atoms with Crippen molar-refractivity contribution in [3.63, 3.8) is 0 Å². The Labute approximate surface area is 146 Å². The molecule has 0 fully saturated rings. The van der Waals surface area contributed by atoms with Crippen LogP contribution in [0.4, 0.5) is 0 Å². The van der Waals surface area contributed by atoms with Gasteiger partial charge in [0.1, 0.15) is 0 Å². The number of rotatable bonds is 16. The Balaban J connectivity index is 2.88. The van der Waals surface area contributed by atoms with Gasteiger partial charge >= 0.3 is 0 Å². The topological polar surface area (TPSA) is 0 Å². The lowest BCUT2D eigenvalue weighted by Crippen LogP contribution is -1.77. The molecule has 0 rings (SSSR count). The predicted octanol–water partition coefficient (Wildman–Crippen LogP) is 8.77. The second-order valence-electron chi connectivity index (χ2n) is 4.11. The molecule has 19 heavy (non-hydrogen) atoms. The van der Waals surface area contributed by atoms with Gasteiger partial charge < -0.3 is 0 Å². The van der Waals surface area contributed by atoms with Crippen LogP contribution in [-0.4, -0.2) is 11.5 Å². The Morgan fingerprint density at radius 2 is 0.895 bits per heavy atom. The van der Waals surface area contributed by atoms with Crippen LogP contribution >= 0.6 is 70.7 Å². The molecule has 0 aliphatic heterocycles. The van der Waals surface area contributed by atoms with Gasteiger partial charge in [-0.2, -0.15) is 0 Å². The van der Waals surface area contributed by atoms with Gasteiger partial charge in [-0.05, 0) is 62.0 Å². The van der Waals surface area contributed by atoms with E-state index < -0.39 is 0 Å². The van der Waals surface area contributed by atoms with E-state index in [2.05, 4.69) is 13.8 Å². The molecule has 0 unspecified atom stereocenters. The number of hydrogen-bond donors (Lipinski definition) is 0. The Bertz CT molecular complexity index is 141. The Kier molecular flexibility index (Phi) is 23.1. The van der Waals surface area contributed by atoms with E-state index in [1.54, 1.807) is 0 Å². The zero-order valence-corrected chi connectivity index (χ0v) is 17.6. The molecule has 0 aliphatic rings. The van der Waals surface area contributed by atoms with Gasteiger partial charge in [0, 0.05) is 11.5 Å². The lowest BCUT2D eigenvalue weighted by molar-refractivity contribution is 0.707. The third kappa shape index (κ3) is 20.4. The summed E-state index contributed by atoms with van der Waals surface area (Å²) in [5.41, 5.74) is 0. The molecule has 0 bridgehead atoms. The van der Waals surface area contributed by atoms with Crippen molar-refractivity contribution in [2.24, 2.45) is 0 Å². The fourth-order valence-corrected chi connectivity index (χ4v) is 15.8. The number of hydrogen-bond acceptors (Lipinski definition) is 7. The summed E-state index contributed by atoms with van der Waals surface area (Å²) in [5.74, 6) is 2.62. The normalized spacial score (nSPS) is 11.1. The molecule has 0 nitrogen and oxygen atoms in total. The van der Waals surface area contributed by atoms with Gasteiger partial charge in [-0.15, -0.1) is 0 Å². The average molecular weight is 395 g/mol. The van der Waals surface area contributed by atoms with Gasteiger partial charge in [0.15, 0.2) is 0 Å². The van der Waals surface area contributed by atoms with E-state index in [1.165, 1.54) is 62.9 Å². The van der Waals surface area contributed by atoms with Crippen molar-refractivity contribution in [3.8, 4) is 0 Å². The Morgan fingerprint density at radius 1 is 0.474 bits per heavy atom. The molecule has 116 valence electrons. The summed E-state index contributed by atoms with van der Waals surface area (Å²) in [6.45, 7) is 4.54. The molecule has 0 radical (unpaired) electrons. The summed E-state index contributed by atoms with van der Waals surface area (Å²) in [5, 5.41) is 0. The lowest BCUT2D eigenvalue weighted by Gasteiger charge is -2.00. The first-order valence-electron chi connectivity index (χ1n) is 6.99. The van der Waals surface area contributed by atoms with Crippen molar-refractivity contribution < 1.29 is 0 Å². The maximum Gasteiger partial charge on any atom is 0.00454 e. The van der Waals surface area contributed by atoms with Crippen LogP contribution in [0.15, 0.2) is 0 Å². The van der Waals surface area contributed by atoms with E-state index >= 15 is 0 Å². The zero-order chi connectivity index (χ0) is 14.0. The third-order valence-corrected chi connectivity index (χ3v) is 15.7. The monoisotopic (exact) mass is 394 g/mol. The quantitative estimate of drug-likeness (QED) is 0.187. The van der Waals surface area contributed by atoms with Crippen molar-refractivity contribution in [3.05, 3.63) is 0 Å². The van der Waals surface area contributed by atoms with E-state index in [1.807, 2.05) is 70.7 Å². The zero-order valence-electron chi connectivity index (χ0n) is 11.9. The van der Waals surface area contributed by atoms with Gasteiger partial charge in [-0.1, -0.05) is 74.0 Å². The molecule has 0 atom stereocenters. The van der Waals surface area contributed by atoms with Crippen molar-refractivity contribution in [2.45, 2.75) is 65.2 Å². The summed E-state index contributed by atoms with van der Waals surface area (Å²) in [7, 11) is 13.6. The van der Waals surface area contributed by atoms with Crippen LogP contribution in [0.3, 0.4) is 0 Å². The number of unbranched alkanes of at least 4 members (excludes halogenated alkanes) is 6. The molecule has 7 heteroatoms. The molecule has 0 amide bonds. The van der Waals surface area contributed by atoms with Gasteiger partial charge in [0.25, 0.3) is 0 Å². The van der Waals surface area contributed by atoms with Crippen molar-refractivity contribution in [1.82, 2.24) is 0 Å². The van der Waals surface area contributed by atoms with Gasteiger partial charge in [-0.25, -0.2) is 0 Å². The Morgan fingerprint density at radius 3 is 1.32 bits per heavy atom. The summed E-state index contributed by atoms with van der Waals surface area (Å²) in [6.07, 6.45) is 11.0. The molecular formula is C12H26S7. The minimum absolute atomic E-state index is 1.31. The van der Waals surface area contributed by atoms with Crippen LogP contribution in [0.1, 0.15) is 65.2 Å². The van der Waals surface area contributed by atoms with Gasteiger partial charge in [0.2, 0.25) is 0 Å². The summed E-state index contributed by atoms with van der Waals surface area (Å²) in [4.78, 5) is 0. The first kappa shape index (κ1) is 21.4. The lowest BCUT2D eigenvalue weighted by atomic mass is 10.2. The van der Waals surface area contributed by atoms with Crippen molar-refractivity contribution in [1.29, 1.82) is 0 Å². The minimum Gasteiger partial charge on any atom is -0.0817 e. The maximum atomic E-state index is 2.27. The van der Waals surface area contributed by atoms with Crippen LogP contribution in [0.5, 0.6) is 0 Å². The van der Waals surface area contributed by atoms with Crippen molar-refractivity contribution >= 4 is 70.7 Å². The third-order valence-electron chi connectivity index (χ3n) is 2.37. The van der Waals surface area contributed by atoms with Crippen molar-refractivity contribution in [2.75, 3.05) is 11.5 Å². The molecule has 0 aromatic heterocycles. The highest BCUT2D eigenvalue weighted by atomic mass is 33.9. The Hall–Kier alpha value is 2.45. The van der Waals surface area contributed by atoms with Crippen LogP contribution < -0.4 is 0 Å². The largest absolute Gasteiger partial charge is 0.0817 e. The summed E-state index contributed by atoms with van der Waals surface area (Å²) in [6, 6.07) is 0. The van der Waals surface area contributed by atoms with Crippen LogP contribution in [0.2, 0.25) is 0 Å². The molecule has 0 saturated heterocycles. The molecule has 0 aromatic carbocycles. The highest BCUT2D eigenvalue weighted by Gasteiger charge is 1.96. The highest BCUT2D eigenvalue weighted by Crippen LogP contribution is 2.55. The summed E-state index contributed by atoms with van der Waals surface area (Å²) >= 11 is 0. The second kappa shape index (κ2) is 20.5. The fraction of sp³-hybridized carbons (Fsp3) is 1.00. The summed E-state index contributed by atoms with van der Waals surface area (Å²) < 4.78 is 0. The van der Waals surface area contributed by atoms with Gasteiger partial charge in [0.05, 0.1) is 0 Å². The van der Waals surface area contributed by atoms with Crippen LogP contribution in [0, 0.1) is 0 Å². The molecule has 0 saturated carbocycles. The smallest absolute Gasteiger partial charge is 0.00454 e. The molecular weight excluding hydrogens is 369 g/mol. The minimum atomic E-state index is 1.31. The van der Waals surface area contributed by atoms with E-state index in [-0.39, 0.29) is 0 Å². The van der Waals surface area contributed by atoms with E-state index in [0.717, 1.165) is 0 Å². The van der Waals surface area contributed by atoms with Crippen LogP contribution in [-0.2, 0) is 0 Å². The first-order valence-corrected chi connectivity index (χ1v) is 16.1. The molecule has 0 aliphatic carbocycles. The molecule has 0 spiro atoms. The van der Waals surface area contributed by atoms with Gasteiger partial charge in [-0.3, -0.25) is 0 Å². The molecule has 0 aromatic rings. The average Bonchev–Trinajstić information content (AvgIpc) is 2.43. The fourth-order valence-electron chi connectivity index (χ4n) is 1.32. The molecule has 0 heterocycles. The van der Waals surface area contributed by atoms with E-state index in [9.17, 15) is 0 Å². The first-order chi connectivity index (χ1) is 9.41. The standard InChI is InChI=1S/C12H26S7/c1-3-5-7-9-11-13-15-17-19-18-16-14-12-10-8-6-4-2/h3-12H2,1-2H3. The molecule has 0 N–H and O–H groups in total. The van der Waals surface area contributed by atoms with E-state index in [0.29, 0.717) is 0 Å². The SMILES string of the molecule is CCCCCCSSSSSSSCCCCCC. The predicted molar refractivity (Wildman–Crippen MR) is 111 cm³/mol. The maximum absolute atomic E-state index is 2.27. The highest BCUT2D eigenvalue weighted by molar-refractivity contribution is 9.45.